The first-order valence-electron chi connectivity index (χ1n) is 13.2. The van der Waals surface area contributed by atoms with E-state index in [1.807, 2.05) is 12.1 Å². The second kappa shape index (κ2) is 12.1. The first-order valence-corrected chi connectivity index (χ1v) is 13.2. The number of benzene rings is 2. The monoisotopic (exact) mass is 468 g/mol. The number of aliphatic hydroxyl groups is 1. The molecule has 34 heavy (non-hydrogen) atoms. The molecule has 0 spiro atoms. The van der Waals surface area contributed by atoms with Crippen LogP contribution in [0.5, 0.6) is 11.5 Å². The second-order valence-corrected chi connectivity index (χ2v) is 11.0. The molecule has 0 amide bonds. The van der Waals surface area contributed by atoms with Gasteiger partial charge in [0.15, 0.2) is 0 Å². The molecule has 0 aliphatic heterocycles. The van der Waals surface area contributed by atoms with Gasteiger partial charge in [0.2, 0.25) is 0 Å². The molecule has 2 unspecified atom stereocenters. The van der Waals surface area contributed by atoms with Crippen LogP contribution in [0.25, 0.3) is 0 Å². The van der Waals surface area contributed by atoms with Crippen LogP contribution in [0.4, 0.5) is 0 Å². The highest BCUT2D eigenvalue weighted by Gasteiger charge is 2.26. The van der Waals surface area contributed by atoms with Gasteiger partial charge in [0.25, 0.3) is 0 Å². The Morgan fingerprint density at radius 2 is 1.24 bits per heavy atom. The van der Waals surface area contributed by atoms with Gasteiger partial charge in [-0.15, -0.1) is 0 Å². The number of hydrogen-bond donors (Lipinski definition) is 1. The van der Waals surface area contributed by atoms with Crippen LogP contribution in [0.3, 0.4) is 0 Å². The molecule has 0 aromatic heterocycles. The summed E-state index contributed by atoms with van der Waals surface area (Å²) in [6.45, 7) is 18.0. The minimum absolute atomic E-state index is 0.110. The van der Waals surface area contributed by atoms with Crippen molar-refractivity contribution in [3.63, 3.8) is 0 Å². The van der Waals surface area contributed by atoms with Crippen molar-refractivity contribution in [2.24, 2.45) is 5.41 Å². The summed E-state index contributed by atoms with van der Waals surface area (Å²) in [7, 11) is 0. The number of aliphatic hydroxyl groups excluding tert-OH is 1. The van der Waals surface area contributed by atoms with E-state index in [9.17, 15) is 5.11 Å². The number of rotatable bonds is 14. The quantitative estimate of drug-likeness (QED) is 0.303. The van der Waals surface area contributed by atoms with E-state index in [1.165, 1.54) is 11.1 Å². The molecule has 0 heterocycles. The van der Waals surface area contributed by atoms with Gasteiger partial charge in [0.05, 0.1) is 6.10 Å². The fourth-order valence-electron chi connectivity index (χ4n) is 4.55. The topological polar surface area (TPSA) is 38.7 Å². The molecule has 3 heteroatoms. The maximum Gasteiger partial charge on any atom is 0.120 e. The van der Waals surface area contributed by atoms with E-state index in [4.69, 9.17) is 9.47 Å². The molecule has 190 valence electrons. The Labute approximate surface area is 208 Å². The third kappa shape index (κ3) is 7.50. The van der Waals surface area contributed by atoms with Crippen molar-refractivity contribution in [1.82, 2.24) is 0 Å². The molecule has 0 radical (unpaired) electrons. The Morgan fingerprint density at radius 3 is 1.68 bits per heavy atom. The molecule has 0 saturated carbocycles. The molecule has 2 aromatic rings. The van der Waals surface area contributed by atoms with Crippen molar-refractivity contribution < 1.29 is 14.6 Å². The van der Waals surface area contributed by atoms with Gasteiger partial charge in [-0.1, -0.05) is 92.0 Å². The summed E-state index contributed by atoms with van der Waals surface area (Å²) >= 11 is 0. The lowest BCUT2D eigenvalue weighted by Gasteiger charge is -2.30. The van der Waals surface area contributed by atoms with E-state index < -0.39 is 6.10 Å². The van der Waals surface area contributed by atoms with Gasteiger partial charge in [-0.2, -0.15) is 0 Å². The fraction of sp³-hybridized carbons (Fsp3) is 0.613. The Morgan fingerprint density at radius 1 is 0.735 bits per heavy atom. The third-order valence-corrected chi connectivity index (χ3v) is 7.92. The van der Waals surface area contributed by atoms with Crippen LogP contribution in [-0.4, -0.2) is 23.4 Å². The van der Waals surface area contributed by atoms with Crippen LogP contribution in [0.2, 0.25) is 0 Å². The number of ether oxygens (including phenoxy) is 2. The van der Waals surface area contributed by atoms with Crippen LogP contribution < -0.4 is 9.47 Å². The summed E-state index contributed by atoms with van der Waals surface area (Å²) < 4.78 is 12.2. The number of hydrogen-bond acceptors (Lipinski definition) is 3. The van der Waals surface area contributed by atoms with Gasteiger partial charge in [-0.05, 0) is 67.0 Å². The highest BCUT2D eigenvalue weighted by atomic mass is 16.5. The highest BCUT2D eigenvalue weighted by molar-refractivity contribution is 5.42. The molecule has 2 atom stereocenters. The Kier molecular flexibility index (Phi) is 10.1. The standard InChI is InChI=1S/C31H48O3/c1-9-21-31(8,12-4)34-28-19-15-25(16-20-28)29(5,6)24-13-17-27(18-14-24)33-23-26(32)22-30(7,10-2)11-3/h13-20,26,32H,9-12,21-23H2,1-8H3. The van der Waals surface area contributed by atoms with Crippen LogP contribution in [0.1, 0.15) is 105 Å². The van der Waals surface area contributed by atoms with Crippen molar-refractivity contribution in [3.05, 3.63) is 59.7 Å². The van der Waals surface area contributed by atoms with E-state index in [2.05, 4.69) is 91.8 Å². The molecule has 3 nitrogen and oxygen atoms in total. The van der Waals surface area contributed by atoms with Gasteiger partial charge in [0.1, 0.15) is 23.7 Å². The molecule has 2 rings (SSSR count). The summed E-state index contributed by atoms with van der Waals surface area (Å²) in [6, 6.07) is 16.8. The third-order valence-electron chi connectivity index (χ3n) is 7.92. The molecule has 0 bridgehead atoms. The zero-order valence-corrected chi connectivity index (χ0v) is 22.9. The summed E-state index contributed by atoms with van der Waals surface area (Å²) in [4.78, 5) is 0. The van der Waals surface area contributed by atoms with E-state index in [0.29, 0.717) is 6.61 Å². The lowest BCUT2D eigenvalue weighted by Crippen LogP contribution is -2.31. The first-order chi connectivity index (χ1) is 16.0. The van der Waals surface area contributed by atoms with Gasteiger partial charge in [-0.25, -0.2) is 0 Å². The van der Waals surface area contributed by atoms with Crippen molar-refractivity contribution in [1.29, 1.82) is 0 Å². The van der Waals surface area contributed by atoms with Gasteiger partial charge < -0.3 is 14.6 Å². The van der Waals surface area contributed by atoms with Crippen LogP contribution >= 0.6 is 0 Å². The van der Waals surface area contributed by atoms with Crippen molar-refractivity contribution in [3.8, 4) is 11.5 Å². The Balaban J connectivity index is 2.03. The van der Waals surface area contributed by atoms with Gasteiger partial charge >= 0.3 is 0 Å². The molecule has 0 fully saturated rings. The zero-order valence-electron chi connectivity index (χ0n) is 22.9. The van der Waals surface area contributed by atoms with Crippen LogP contribution in [0.15, 0.2) is 48.5 Å². The maximum atomic E-state index is 10.4. The predicted molar refractivity (Wildman–Crippen MR) is 144 cm³/mol. The first kappa shape index (κ1) is 28.2. The molecular weight excluding hydrogens is 420 g/mol. The molecule has 1 N–H and O–H groups in total. The molecular formula is C31H48O3. The average molecular weight is 469 g/mol. The van der Waals surface area contributed by atoms with Gasteiger partial charge in [0, 0.05) is 5.41 Å². The summed E-state index contributed by atoms with van der Waals surface area (Å²) in [5, 5.41) is 10.4. The van der Waals surface area contributed by atoms with Crippen molar-refractivity contribution in [2.45, 2.75) is 111 Å². The van der Waals surface area contributed by atoms with Crippen LogP contribution in [0, 0.1) is 5.41 Å². The van der Waals surface area contributed by atoms with E-state index in [1.54, 1.807) is 0 Å². The minimum Gasteiger partial charge on any atom is -0.491 e. The average Bonchev–Trinajstić information content (AvgIpc) is 2.83. The van der Waals surface area contributed by atoms with E-state index in [0.717, 1.165) is 50.0 Å². The highest BCUT2D eigenvalue weighted by Crippen LogP contribution is 2.35. The van der Waals surface area contributed by atoms with Gasteiger partial charge in [-0.3, -0.25) is 0 Å². The lowest BCUT2D eigenvalue weighted by molar-refractivity contribution is 0.0578. The molecule has 0 saturated heterocycles. The SMILES string of the molecule is CCCC(C)(CC)Oc1ccc(C(C)(C)c2ccc(OCC(O)CC(C)(CC)CC)cc2)cc1. The summed E-state index contributed by atoms with van der Waals surface area (Å²) in [5.74, 6) is 1.73. The zero-order chi connectivity index (χ0) is 25.4. The lowest BCUT2D eigenvalue weighted by atomic mass is 9.78. The summed E-state index contributed by atoms with van der Waals surface area (Å²) in [5.41, 5.74) is 2.39. The van der Waals surface area contributed by atoms with E-state index >= 15 is 0 Å². The van der Waals surface area contributed by atoms with Crippen molar-refractivity contribution in [2.75, 3.05) is 6.61 Å². The minimum atomic E-state index is -0.450. The molecule has 0 aliphatic carbocycles. The largest absolute Gasteiger partial charge is 0.491 e. The Bertz CT molecular complexity index is 849. The smallest absolute Gasteiger partial charge is 0.120 e. The second-order valence-electron chi connectivity index (χ2n) is 11.0. The van der Waals surface area contributed by atoms with Crippen molar-refractivity contribution >= 4 is 0 Å². The predicted octanol–water partition coefficient (Wildman–Crippen LogP) is 8.32. The Hall–Kier alpha value is -2.00. The fourth-order valence-corrected chi connectivity index (χ4v) is 4.55. The molecule has 0 aliphatic rings. The molecule has 2 aromatic carbocycles. The summed E-state index contributed by atoms with van der Waals surface area (Å²) in [6.07, 6.45) is 5.61. The van der Waals surface area contributed by atoms with E-state index in [-0.39, 0.29) is 16.4 Å². The maximum absolute atomic E-state index is 10.4. The normalized spacial score (nSPS) is 15.0. The van der Waals surface area contributed by atoms with Crippen LogP contribution in [-0.2, 0) is 5.41 Å².